The lowest BCUT2D eigenvalue weighted by Gasteiger charge is -2.12. The number of hydrogen-bond acceptors (Lipinski definition) is 4. The van der Waals surface area contributed by atoms with E-state index in [9.17, 15) is 0 Å². The van der Waals surface area contributed by atoms with Gasteiger partial charge in [-0.1, -0.05) is 115 Å². The number of aromatic nitrogens is 3. The number of fused-ring (bicyclic) bond motifs is 7. The van der Waals surface area contributed by atoms with E-state index in [-0.39, 0.29) is 0 Å². The lowest BCUT2D eigenvalue weighted by molar-refractivity contribution is 0.669. The van der Waals surface area contributed by atoms with Crippen LogP contribution in [0.15, 0.2) is 144 Å². The van der Waals surface area contributed by atoms with E-state index in [0.717, 1.165) is 49.4 Å². The summed E-state index contributed by atoms with van der Waals surface area (Å²) in [5.41, 5.74) is 9.53. The van der Waals surface area contributed by atoms with Gasteiger partial charge in [0.2, 0.25) is 0 Å². The molecule has 1 aliphatic rings. The minimum absolute atomic E-state index is 0.617. The van der Waals surface area contributed by atoms with Gasteiger partial charge in [-0.05, 0) is 68.1 Å². The predicted octanol–water partition coefficient (Wildman–Crippen LogP) is 10.7. The molecule has 0 amide bonds. The molecule has 0 N–H and O–H groups in total. The highest BCUT2D eigenvalue weighted by atomic mass is 16.3. The standard InChI is InChI=1S/C41H23N3O/c1-2-10-25-23-26(20-19-24(25)9-1)39-42-40(32-22-21-31-28-12-4-3-11-27(28)29-14-7-15-30(32)37(29)31)44-41(43-39)34-16-8-18-36-38(34)33-13-5-6-17-35(33)45-36/h1-23H. The molecule has 9 aromatic rings. The summed E-state index contributed by atoms with van der Waals surface area (Å²) < 4.78 is 6.24. The first kappa shape index (κ1) is 24.3. The summed E-state index contributed by atoms with van der Waals surface area (Å²) in [6.45, 7) is 0. The first-order valence-electron chi connectivity index (χ1n) is 15.1. The fraction of sp³-hybridized carbons (Fsp3) is 0. The Morgan fingerprint density at radius 2 is 0.956 bits per heavy atom. The van der Waals surface area contributed by atoms with Crippen LogP contribution in [0.4, 0.5) is 0 Å². The zero-order valence-corrected chi connectivity index (χ0v) is 24.0. The highest BCUT2D eigenvalue weighted by Gasteiger charge is 2.24. The Labute approximate surface area is 258 Å². The minimum atomic E-state index is 0.617. The van der Waals surface area contributed by atoms with Crippen molar-refractivity contribution in [3.63, 3.8) is 0 Å². The maximum absolute atomic E-state index is 6.24. The zero-order valence-electron chi connectivity index (χ0n) is 24.0. The normalized spacial score (nSPS) is 12.0. The Kier molecular flexibility index (Phi) is 4.96. The SMILES string of the molecule is c1ccc2c(c1)-c1cccc3c(-c4nc(-c5ccc6ccccc6c5)nc(-c5cccc6oc7ccccc7c56)n4)ccc-2c13. The quantitative estimate of drug-likeness (QED) is 0.211. The van der Waals surface area contributed by atoms with Crippen molar-refractivity contribution in [2.24, 2.45) is 0 Å². The van der Waals surface area contributed by atoms with Crippen molar-refractivity contribution in [3.8, 4) is 56.4 Å². The van der Waals surface area contributed by atoms with Crippen LogP contribution in [0.5, 0.6) is 0 Å². The monoisotopic (exact) mass is 573 g/mol. The molecule has 2 aromatic heterocycles. The number of furan rings is 1. The molecule has 0 radical (unpaired) electrons. The summed E-state index contributed by atoms with van der Waals surface area (Å²) >= 11 is 0. The molecule has 208 valence electrons. The molecule has 0 unspecified atom stereocenters. The lowest BCUT2D eigenvalue weighted by atomic mass is 9.98. The molecule has 0 atom stereocenters. The zero-order chi connectivity index (χ0) is 29.5. The molecule has 0 aliphatic heterocycles. The molecular formula is C41H23N3O. The van der Waals surface area contributed by atoms with E-state index in [1.807, 2.05) is 30.3 Å². The van der Waals surface area contributed by atoms with Crippen LogP contribution in [0.3, 0.4) is 0 Å². The highest BCUT2D eigenvalue weighted by Crippen LogP contribution is 2.49. The summed E-state index contributed by atoms with van der Waals surface area (Å²) in [6, 6.07) is 48.6. The van der Waals surface area contributed by atoms with Crippen molar-refractivity contribution >= 4 is 43.5 Å². The number of benzene rings is 7. The van der Waals surface area contributed by atoms with Gasteiger partial charge in [0.05, 0.1) is 0 Å². The predicted molar refractivity (Wildman–Crippen MR) is 183 cm³/mol. The maximum atomic E-state index is 6.24. The summed E-state index contributed by atoms with van der Waals surface area (Å²) in [6.07, 6.45) is 0. The number of nitrogens with zero attached hydrogens (tertiary/aromatic N) is 3. The van der Waals surface area contributed by atoms with Gasteiger partial charge in [-0.3, -0.25) is 0 Å². The summed E-state index contributed by atoms with van der Waals surface area (Å²) in [5.74, 6) is 1.90. The van der Waals surface area contributed by atoms with Gasteiger partial charge in [0.25, 0.3) is 0 Å². The van der Waals surface area contributed by atoms with E-state index in [2.05, 4.69) is 109 Å². The molecule has 0 saturated carbocycles. The molecule has 4 nitrogen and oxygen atoms in total. The molecule has 0 bridgehead atoms. The first-order chi connectivity index (χ1) is 22.3. The van der Waals surface area contributed by atoms with Crippen molar-refractivity contribution in [2.75, 3.05) is 0 Å². The Morgan fingerprint density at radius 1 is 0.356 bits per heavy atom. The van der Waals surface area contributed by atoms with Crippen LogP contribution in [0.2, 0.25) is 0 Å². The Hall–Kier alpha value is -6.13. The van der Waals surface area contributed by atoms with E-state index in [4.69, 9.17) is 19.4 Å². The Balaban J connectivity index is 1.27. The van der Waals surface area contributed by atoms with Crippen LogP contribution in [0.1, 0.15) is 0 Å². The largest absolute Gasteiger partial charge is 0.456 e. The smallest absolute Gasteiger partial charge is 0.164 e. The van der Waals surface area contributed by atoms with Gasteiger partial charge in [0, 0.05) is 27.5 Å². The second-order valence-electron chi connectivity index (χ2n) is 11.6. The molecule has 4 heteroatoms. The second-order valence-corrected chi connectivity index (χ2v) is 11.6. The van der Waals surface area contributed by atoms with Crippen LogP contribution in [0, 0.1) is 0 Å². The van der Waals surface area contributed by atoms with Gasteiger partial charge in [-0.25, -0.2) is 15.0 Å². The average Bonchev–Trinajstić information content (AvgIpc) is 3.65. The van der Waals surface area contributed by atoms with Gasteiger partial charge < -0.3 is 4.42 Å². The Bertz CT molecular complexity index is 2640. The molecular weight excluding hydrogens is 550 g/mol. The van der Waals surface area contributed by atoms with E-state index < -0.39 is 0 Å². The lowest BCUT2D eigenvalue weighted by Crippen LogP contribution is -2.01. The van der Waals surface area contributed by atoms with Crippen LogP contribution in [-0.2, 0) is 0 Å². The van der Waals surface area contributed by atoms with Crippen LogP contribution in [0.25, 0.3) is 99.9 Å². The summed E-state index contributed by atoms with van der Waals surface area (Å²) in [4.78, 5) is 15.5. The fourth-order valence-electron chi connectivity index (χ4n) is 7.04. The van der Waals surface area contributed by atoms with Crippen LogP contribution < -0.4 is 0 Å². The number of para-hydroxylation sites is 1. The first-order valence-corrected chi connectivity index (χ1v) is 15.1. The maximum Gasteiger partial charge on any atom is 0.164 e. The topological polar surface area (TPSA) is 51.8 Å². The minimum Gasteiger partial charge on any atom is -0.456 e. The third-order valence-corrected chi connectivity index (χ3v) is 9.08. The van der Waals surface area contributed by atoms with Gasteiger partial charge in [-0.2, -0.15) is 0 Å². The molecule has 45 heavy (non-hydrogen) atoms. The van der Waals surface area contributed by atoms with Crippen LogP contribution >= 0.6 is 0 Å². The molecule has 0 saturated heterocycles. The third kappa shape index (κ3) is 3.57. The van der Waals surface area contributed by atoms with Gasteiger partial charge in [0.1, 0.15) is 11.2 Å². The fourth-order valence-corrected chi connectivity index (χ4v) is 7.04. The molecule has 0 spiro atoms. The summed E-state index contributed by atoms with van der Waals surface area (Å²) in [5, 5.41) is 6.75. The highest BCUT2D eigenvalue weighted by molar-refractivity contribution is 6.18. The van der Waals surface area contributed by atoms with Crippen molar-refractivity contribution in [3.05, 3.63) is 140 Å². The Morgan fingerprint density at radius 3 is 1.84 bits per heavy atom. The second kappa shape index (κ2) is 9.18. The van der Waals surface area contributed by atoms with E-state index >= 15 is 0 Å². The summed E-state index contributed by atoms with van der Waals surface area (Å²) in [7, 11) is 0. The molecule has 1 aliphatic carbocycles. The van der Waals surface area contributed by atoms with Gasteiger partial charge >= 0.3 is 0 Å². The van der Waals surface area contributed by atoms with Crippen molar-refractivity contribution in [1.82, 2.24) is 15.0 Å². The van der Waals surface area contributed by atoms with Crippen molar-refractivity contribution in [2.45, 2.75) is 0 Å². The third-order valence-electron chi connectivity index (χ3n) is 9.08. The molecule has 0 fully saturated rings. The van der Waals surface area contributed by atoms with Crippen molar-refractivity contribution in [1.29, 1.82) is 0 Å². The molecule has 7 aromatic carbocycles. The van der Waals surface area contributed by atoms with E-state index in [1.165, 1.54) is 33.0 Å². The van der Waals surface area contributed by atoms with E-state index in [0.29, 0.717) is 17.5 Å². The average molecular weight is 574 g/mol. The van der Waals surface area contributed by atoms with Gasteiger partial charge in [-0.15, -0.1) is 0 Å². The van der Waals surface area contributed by atoms with Gasteiger partial charge in [0.15, 0.2) is 17.5 Å². The number of rotatable bonds is 3. The van der Waals surface area contributed by atoms with Crippen molar-refractivity contribution < 1.29 is 4.42 Å². The molecule has 2 heterocycles. The van der Waals surface area contributed by atoms with Crippen LogP contribution in [-0.4, -0.2) is 15.0 Å². The van der Waals surface area contributed by atoms with E-state index in [1.54, 1.807) is 0 Å². The number of hydrogen-bond donors (Lipinski definition) is 0. The molecule has 10 rings (SSSR count).